The van der Waals surface area contributed by atoms with Gasteiger partial charge in [0.25, 0.3) is 0 Å². The molecule has 0 aliphatic heterocycles. The van der Waals surface area contributed by atoms with Gasteiger partial charge in [0.15, 0.2) is 0 Å². The summed E-state index contributed by atoms with van der Waals surface area (Å²) < 4.78 is 33.0. The van der Waals surface area contributed by atoms with Gasteiger partial charge in [0, 0.05) is 0 Å². The normalized spacial score (nSPS) is 32.5. The van der Waals surface area contributed by atoms with Gasteiger partial charge < -0.3 is 4.55 Å². The minimum absolute atomic E-state index is 0. The first-order valence-corrected chi connectivity index (χ1v) is 6.74. The van der Waals surface area contributed by atoms with Gasteiger partial charge in [-0.3, -0.25) is 0 Å². The predicted molar refractivity (Wildman–Crippen MR) is 54.8 cm³/mol. The van der Waals surface area contributed by atoms with E-state index < -0.39 is 15.4 Å². The third-order valence-electron chi connectivity index (χ3n) is 3.48. The van der Waals surface area contributed by atoms with Crippen LogP contribution in [-0.2, 0) is 10.1 Å². The molecule has 3 nitrogen and oxygen atoms in total. The molecule has 0 radical (unpaired) electrons. The molecule has 15 heavy (non-hydrogen) atoms. The van der Waals surface area contributed by atoms with Crippen molar-refractivity contribution in [2.75, 3.05) is 0 Å². The third kappa shape index (κ3) is 4.35. The topological polar surface area (TPSA) is 57.2 Å². The molecule has 0 aromatic heterocycles. The van der Waals surface area contributed by atoms with Crippen LogP contribution in [0, 0.1) is 17.8 Å². The minimum atomic E-state index is -4.09. The minimum Gasteiger partial charge on any atom is -0.748 e. The average Bonchev–Trinajstić information content (AvgIpc) is 2.02. The zero-order chi connectivity index (χ0) is 10.9. The SMILES string of the molecule is CC(C)C1CCC(C)C(S(=O)(=O)[O-])C1.[Na+]. The summed E-state index contributed by atoms with van der Waals surface area (Å²) in [5, 5.41) is -0.649. The van der Waals surface area contributed by atoms with E-state index in [4.69, 9.17) is 0 Å². The van der Waals surface area contributed by atoms with Gasteiger partial charge in [-0.1, -0.05) is 20.8 Å². The van der Waals surface area contributed by atoms with Gasteiger partial charge in [-0.15, -0.1) is 0 Å². The van der Waals surface area contributed by atoms with Crippen LogP contribution in [0.1, 0.15) is 40.0 Å². The van der Waals surface area contributed by atoms with E-state index in [0.29, 0.717) is 18.3 Å². The van der Waals surface area contributed by atoms with Crippen LogP contribution >= 0.6 is 0 Å². The van der Waals surface area contributed by atoms with E-state index in [-0.39, 0.29) is 35.5 Å². The monoisotopic (exact) mass is 242 g/mol. The zero-order valence-electron chi connectivity index (χ0n) is 10.1. The third-order valence-corrected chi connectivity index (χ3v) is 4.87. The van der Waals surface area contributed by atoms with Crippen molar-refractivity contribution in [2.24, 2.45) is 17.8 Å². The van der Waals surface area contributed by atoms with Crippen molar-refractivity contribution in [1.82, 2.24) is 0 Å². The fourth-order valence-corrected chi connectivity index (χ4v) is 3.51. The molecule has 1 aliphatic carbocycles. The molecular weight excluding hydrogens is 223 g/mol. The standard InChI is InChI=1S/C10H20O3S.Na/c1-7(2)9-5-4-8(3)10(6-9)14(11,12)13;/h7-10H,4-6H2,1-3H3,(H,11,12,13);/q;+1/p-1. The second-order valence-corrected chi connectivity index (χ2v) is 6.42. The Morgan fingerprint density at radius 3 is 2.20 bits per heavy atom. The van der Waals surface area contributed by atoms with Gasteiger partial charge in [0.1, 0.15) is 0 Å². The second kappa shape index (κ2) is 6.01. The summed E-state index contributed by atoms with van der Waals surface area (Å²) in [6, 6.07) is 0. The van der Waals surface area contributed by atoms with Crippen LogP contribution in [-0.4, -0.2) is 18.2 Å². The van der Waals surface area contributed by atoms with Gasteiger partial charge in [0.2, 0.25) is 0 Å². The van der Waals surface area contributed by atoms with E-state index >= 15 is 0 Å². The van der Waals surface area contributed by atoms with Crippen molar-refractivity contribution in [1.29, 1.82) is 0 Å². The summed E-state index contributed by atoms with van der Waals surface area (Å²) in [6.45, 7) is 6.06. The Kier molecular flexibility index (Phi) is 6.37. The van der Waals surface area contributed by atoms with E-state index in [1.165, 1.54) is 0 Å². The molecule has 0 saturated heterocycles. The molecule has 1 saturated carbocycles. The van der Waals surface area contributed by atoms with Gasteiger partial charge in [-0.25, -0.2) is 8.42 Å². The maximum atomic E-state index is 11.0. The summed E-state index contributed by atoms with van der Waals surface area (Å²) >= 11 is 0. The van der Waals surface area contributed by atoms with E-state index in [1.54, 1.807) is 0 Å². The molecule has 0 heterocycles. The van der Waals surface area contributed by atoms with Crippen molar-refractivity contribution < 1.29 is 42.5 Å². The molecule has 0 aromatic rings. The van der Waals surface area contributed by atoms with Crippen molar-refractivity contribution >= 4 is 10.1 Å². The Morgan fingerprint density at radius 2 is 1.80 bits per heavy atom. The molecule has 5 heteroatoms. The molecule has 3 atom stereocenters. The molecule has 0 spiro atoms. The predicted octanol–water partition coefficient (Wildman–Crippen LogP) is -1.00. The largest absolute Gasteiger partial charge is 1.00 e. The Hall–Kier alpha value is 0.910. The van der Waals surface area contributed by atoms with Gasteiger partial charge in [-0.05, 0) is 37.0 Å². The number of hydrogen-bond donors (Lipinski definition) is 0. The first kappa shape index (κ1) is 15.9. The van der Waals surface area contributed by atoms with Gasteiger partial charge >= 0.3 is 29.6 Å². The maximum Gasteiger partial charge on any atom is 1.00 e. The average molecular weight is 242 g/mol. The molecule has 1 fully saturated rings. The summed E-state index contributed by atoms with van der Waals surface area (Å²) in [6.07, 6.45) is 2.49. The van der Waals surface area contributed by atoms with Crippen molar-refractivity contribution in [2.45, 2.75) is 45.3 Å². The van der Waals surface area contributed by atoms with E-state index in [2.05, 4.69) is 13.8 Å². The van der Waals surface area contributed by atoms with Crippen LogP contribution < -0.4 is 29.6 Å². The first-order chi connectivity index (χ1) is 6.32. The van der Waals surface area contributed by atoms with Crippen LogP contribution in [0.4, 0.5) is 0 Å². The molecule has 0 amide bonds. The van der Waals surface area contributed by atoms with Gasteiger partial charge in [-0.2, -0.15) is 0 Å². The smallest absolute Gasteiger partial charge is 0.748 e. The Labute approximate surface area is 115 Å². The van der Waals surface area contributed by atoms with Crippen LogP contribution in [0.25, 0.3) is 0 Å². The van der Waals surface area contributed by atoms with Crippen LogP contribution in [0.15, 0.2) is 0 Å². The van der Waals surface area contributed by atoms with E-state index in [0.717, 1.165) is 12.8 Å². The van der Waals surface area contributed by atoms with Gasteiger partial charge in [0.05, 0.1) is 15.4 Å². The van der Waals surface area contributed by atoms with Crippen molar-refractivity contribution in [3.05, 3.63) is 0 Å². The molecule has 3 unspecified atom stereocenters. The Bertz CT molecular complexity index is 287. The Balaban J connectivity index is 0.00000196. The van der Waals surface area contributed by atoms with Crippen molar-refractivity contribution in [3.8, 4) is 0 Å². The fraction of sp³-hybridized carbons (Fsp3) is 1.00. The molecule has 84 valence electrons. The fourth-order valence-electron chi connectivity index (χ4n) is 2.32. The van der Waals surface area contributed by atoms with E-state index in [1.807, 2.05) is 6.92 Å². The van der Waals surface area contributed by atoms with E-state index in [9.17, 15) is 13.0 Å². The maximum absolute atomic E-state index is 11.0. The van der Waals surface area contributed by atoms with Crippen LogP contribution in [0.5, 0.6) is 0 Å². The summed E-state index contributed by atoms with van der Waals surface area (Å²) in [4.78, 5) is 0. The molecule has 1 rings (SSSR count). The summed E-state index contributed by atoms with van der Waals surface area (Å²) in [5.74, 6) is 0.916. The van der Waals surface area contributed by atoms with Crippen LogP contribution in [0.2, 0.25) is 0 Å². The number of hydrogen-bond acceptors (Lipinski definition) is 3. The number of rotatable bonds is 2. The quantitative estimate of drug-likeness (QED) is 0.461. The molecular formula is C10H19NaO3S. The molecule has 0 bridgehead atoms. The molecule has 0 N–H and O–H groups in total. The molecule has 0 aromatic carbocycles. The van der Waals surface area contributed by atoms with Crippen LogP contribution in [0.3, 0.4) is 0 Å². The Morgan fingerprint density at radius 1 is 1.27 bits per heavy atom. The summed E-state index contributed by atoms with van der Waals surface area (Å²) in [7, 11) is -4.09. The first-order valence-electron chi connectivity index (χ1n) is 5.27. The zero-order valence-corrected chi connectivity index (χ0v) is 12.9. The summed E-state index contributed by atoms with van der Waals surface area (Å²) in [5.41, 5.74) is 0. The molecule has 1 aliphatic rings. The second-order valence-electron chi connectivity index (χ2n) is 4.83. The van der Waals surface area contributed by atoms with Crippen molar-refractivity contribution in [3.63, 3.8) is 0 Å².